The molecule has 1 aromatic rings. The van der Waals surface area contributed by atoms with Crippen molar-refractivity contribution in [2.24, 2.45) is 7.05 Å². The SMILES string of the molecule is C[C@@H](CCCO)NCc1cnn(C)c1. The van der Waals surface area contributed by atoms with Gasteiger partial charge in [0, 0.05) is 38.0 Å². The predicted octanol–water partition coefficient (Wildman–Crippen LogP) is 0.671. The number of nitrogens with zero attached hydrogens (tertiary/aromatic N) is 2. The van der Waals surface area contributed by atoms with Crippen molar-refractivity contribution in [1.29, 1.82) is 0 Å². The summed E-state index contributed by atoms with van der Waals surface area (Å²) in [6.07, 6.45) is 5.75. The van der Waals surface area contributed by atoms with Gasteiger partial charge in [-0.15, -0.1) is 0 Å². The van der Waals surface area contributed by atoms with E-state index in [9.17, 15) is 0 Å². The molecule has 1 heterocycles. The number of aliphatic hydroxyl groups excluding tert-OH is 1. The van der Waals surface area contributed by atoms with Crippen LogP contribution in [0.4, 0.5) is 0 Å². The lowest BCUT2D eigenvalue weighted by Gasteiger charge is -2.11. The van der Waals surface area contributed by atoms with Crippen LogP contribution in [-0.4, -0.2) is 27.5 Å². The first-order valence-corrected chi connectivity index (χ1v) is 5.04. The molecule has 14 heavy (non-hydrogen) atoms. The van der Waals surface area contributed by atoms with E-state index in [4.69, 9.17) is 5.11 Å². The number of nitrogens with one attached hydrogen (secondary N) is 1. The van der Waals surface area contributed by atoms with Crippen LogP contribution < -0.4 is 5.32 Å². The molecule has 0 aliphatic heterocycles. The predicted molar refractivity (Wildman–Crippen MR) is 55.8 cm³/mol. The zero-order valence-corrected chi connectivity index (χ0v) is 8.90. The van der Waals surface area contributed by atoms with E-state index in [2.05, 4.69) is 17.3 Å². The van der Waals surface area contributed by atoms with Gasteiger partial charge in [-0.2, -0.15) is 5.10 Å². The molecule has 4 heteroatoms. The third-order valence-electron chi connectivity index (χ3n) is 2.21. The van der Waals surface area contributed by atoms with Crippen LogP contribution in [0.1, 0.15) is 25.3 Å². The number of hydrogen-bond acceptors (Lipinski definition) is 3. The lowest BCUT2D eigenvalue weighted by Crippen LogP contribution is -2.25. The number of aliphatic hydroxyl groups is 1. The molecule has 0 radical (unpaired) electrons. The average Bonchev–Trinajstić information content (AvgIpc) is 2.58. The van der Waals surface area contributed by atoms with Gasteiger partial charge in [-0.05, 0) is 19.8 Å². The lowest BCUT2D eigenvalue weighted by molar-refractivity contribution is 0.276. The molecule has 1 rings (SSSR count). The number of rotatable bonds is 6. The molecule has 1 atom stereocenters. The third kappa shape index (κ3) is 3.89. The second-order valence-electron chi connectivity index (χ2n) is 3.67. The first-order chi connectivity index (χ1) is 6.72. The highest BCUT2D eigenvalue weighted by Crippen LogP contribution is 1.99. The smallest absolute Gasteiger partial charge is 0.0534 e. The first-order valence-electron chi connectivity index (χ1n) is 5.04. The summed E-state index contributed by atoms with van der Waals surface area (Å²) in [5, 5.41) is 16.1. The molecule has 0 spiro atoms. The Morgan fingerprint density at radius 2 is 2.43 bits per heavy atom. The minimum absolute atomic E-state index is 0.277. The van der Waals surface area contributed by atoms with Crippen LogP contribution in [0.2, 0.25) is 0 Å². The minimum atomic E-state index is 0.277. The Morgan fingerprint density at radius 3 is 3.00 bits per heavy atom. The molecular formula is C10H19N3O. The second-order valence-corrected chi connectivity index (χ2v) is 3.67. The van der Waals surface area contributed by atoms with E-state index in [-0.39, 0.29) is 6.61 Å². The average molecular weight is 197 g/mol. The largest absolute Gasteiger partial charge is 0.396 e. The lowest BCUT2D eigenvalue weighted by atomic mass is 10.2. The summed E-state index contributed by atoms with van der Waals surface area (Å²) >= 11 is 0. The van der Waals surface area contributed by atoms with Crippen molar-refractivity contribution >= 4 is 0 Å². The van der Waals surface area contributed by atoms with E-state index >= 15 is 0 Å². The van der Waals surface area contributed by atoms with Crippen LogP contribution in [0.25, 0.3) is 0 Å². The van der Waals surface area contributed by atoms with E-state index in [1.54, 1.807) is 4.68 Å². The molecule has 1 aromatic heterocycles. The van der Waals surface area contributed by atoms with E-state index in [1.807, 2.05) is 19.4 Å². The molecule has 4 nitrogen and oxygen atoms in total. The van der Waals surface area contributed by atoms with Crippen molar-refractivity contribution in [2.75, 3.05) is 6.61 Å². The van der Waals surface area contributed by atoms with Crippen LogP contribution in [0.15, 0.2) is 12.4 Å². The first kappa shape index (κ1) is 11.2. The fraction of sp³-hybridized carbons (Fsp3) is 0.700. The van der Waals surface area contributed by atoms with E-state index in [0.717, 1.165) is 19.4 Å². The molecule has 0 aliphatic carbocycles. The van der Waals surface area contributed by atoms with Gasteiger partial charge in [-0.1, -0.05) is 0 Å². The van der Waals surface area contributed by atoms with Gasteiger partial charge in [0.05, 0.1) is 6.20 Å². The Bertz CT molecular complexity index is 260. The molecule has 0 fully saturated rings. The van der Waals surface area contributed by atoms with Gasteiger partial charge < -0.3 is 10.4 Å². The van der Waals surface area contributed by atoms with Crippen molar-refractivity contribution in [3.63, 3.8) is 0 Å². The molecule has 2 N–H and O–H groups in total. The molecule has 80 valence electrons. The summed E-state index contributed by atoms with van der Waals surface area (Å²) in [4.78, 5) is 0. The second kappa shape index (κ2) is 5.78. The maximum atomic E-state index is 8.66. The molecule has 0 aliphatic rings. The zero-order chi connectivity index (χ0) is 10.4. The van der Waals surface area contributed by atoms with Gasteiger partial charge in [0.2, 0.25) is 0 Å². The van der Waals surface area contributed by atoms with Crippen molar-refractivity contribution < 1.29 is 5.11 Å². The van der Waals surface area contributed by atoms with Crippen molar-refractivity contribution in [3.8, 4) is 0 Å². The van der Waals surface area contributed by atoms with Gasteiger partial charge in [-0.25, -0.2) is 0 Å². The summed E-state index contributed by atoms with van der Waals surface area (Å²) in [6, 6.07) is 0.447. The molecule has 0 amide bonds. The molecule has 0 saturated carbocycles. The zero-order valence-electron chi connectivity index (χ0n) is 8.90. The van der Waals surface area contributed by atoms with Crippen molar-refractivity contribution in [3.05, 3.63) is 18.0 Å². The van der Waals surface area contributed by atoms with Crippen molar-refractivity contribution in [1.82, 2.24) is 15.1 Å². The molecule has 0 saturated heterocycles. The molecule has 0 bridgehead atoms. The fourth-order valence-electron chi connectivity index (χ4n) is 1.35. The van der Waals surface area contributed by atoms with Crippen LogP contribution in [0.5, 0.6) is 0 Å². The topological polar surface area (TPSA) is 50.1 Å². The highest BCUT2D eigenvalue weighted by Gasteiger charge is 2.01. The molecular weight excluding hydrogens is 178 g/mol. The maximum Gasteiger partial charge on any atom is 0.0534 e. The minimum Gasteiger partial charge on any atom is -0.396 e. The fourth-order valence-corrected chi connectivity index (χ4v) is 1.35. The Morgan fingerprint density at radius 1 is 1.64 bits per heavy atom. The molecule has 0 unspecified atom stereocenters. The van der Waals surface area contributed by atoms with Crippen LogP contribution in [-0.2, 0) is 13.6 Å². The molecule has 0 aromatic carbocycles. The number of aromatic nitrogens is 2. The normalized spacial score (nSPS) is 13.1. The third-order valence-corrected chi connectivity index (χ3v) is 2.21. The highest BCUT2D eigenvalue weighted by atomic mass is 16.2. The monoisotopic (exact) mass is 197 g/mol. The number of hydrogen-bond donors (Lipinski definition) is 2. The Hall–Kier alpha value is -0.870. The van der Waals surface area contributed by atoms with E-state index in [1.165, 1.54) is 5.56 Å². The Labute approximate surface area is 84.9 Å². The Kier molecular flexibility index (Phi) is 4.62. The van der Waals surface area contributed by atoms with E-state index in [0.29, 0.717) is 6.04 Å². The summed E-state index contributed by atoms with van der Waals surface area (Å²) in [5.41, 5.74) is 1.20. The summed E-state index contributed by atoms with van der Waals surface area (Å²) in [7, 11) is 1.92. The van der Waals surface area contributed by atoms with Gasteiger partial charge >= 0.3 is 0 Å². The summed E-state index contributed by atoms with van der Waals surface area (Å²) in [5.74, 6) is 0. The van der Waals surface area contributed by atoms with E-state index < -0.39 is 0 Å². The standard InChI is InChI=1S/C10H19N3O/c1-9(4-3-5-14)11-6-10-7-12-13(2)8-10/h7-9,11,14H,3-6H2,1-2H3/t9-/m0/s1. The van der Waals surface area contributed by atoms with Gasteiger partial charge in [0.1, 0.15) is 0 Å². The van der Waals surface area contributed by atoms with Crippen molar-refractivity contribution in [2.45, 2.75) is 32.4 Å². The van der Waals surface area contributed by atoms with Gasteiger partial charge in [0.15, 0.2) is 0 Å². The summed E-state index contributed by atoms with van der Waals surface area (Å²) in [6.45, 7) is 3.26. The van der Waals surface area contributed by atoms with Crippen LogP contribution in [0.3, 0.4) is 0 Å². The van der Waals surface area contributed by atoms with Crippen LogP contribution in [0, 0.1) is 0 Å². The Balaban J connectivity index is 2.20. The quantitative estimate of drug-likeness (QED) is 0.704. The summed E-state index contributed by atoms with van der Waals surface area (Å²) < 4.78 is 1.80. The number of aryl methyl sites for hydroxylation is 1. The van der Waals surface area contributed by atoms with Gasteiger partial charge in [0.25, 0.3) is 0 Å². The van der Waals surface area contributed by atoms with Crippen LogP contribution >= 0.6 is 0 Å². The maximum absolute atomic E-state index is 8.66. The van der Waals surface area contributed by atoms with Gasteiger partial charge in [-0.3, -0.25) is 4.68 Å². The highest BCUT2D eigenvalue weighted by molar-refractivity contribution is 5.02.